The molecule has 4 aromatic carbocycles. The first kappa shape index (κ1) is 35.6. The van der Waals surface area contributed by atoms with Gasteiger partial charge in [-0.05, 0) is 60.7 Å². The van der Waals surface area contributed by atoms with E-state index in [0.29, 0.717) is 45.8 Å². The number of benzene rings is 4. The minimum Gasteiger partial charge on any atom is -0.378 e. The summed E-state index contributed by atoms with van der Waals surface area (Å²) in [5.74, 6) is 0.782. The van der Waals surface area contributed by atoms with Crippen LogP contribution in [0.2, 0.25) is 0 Å². The molecule has 0 amide bonds. The highest BCUT2D eigenvalue weighted by Gasteiger charge is 2.19. The van der Waals surface area contributed by atoms with E-state index in [1.54, 1.807) is 0 Å². The van der Waals surface area contributed by atoms with Gasteiger partial charge in [0.25, 0.3) is 0 Å². The molecule has 0 radical (unpaired) electrons. The number of pyridine rings is 1. The van der Waals surface area contributed by atoms with Crippen LogP contribution in [0.15, 0.2) is 115 Å². The predicted octanol–water partition coefficient (Wildman–Crippen LogP) is 7.72. The first-order valence-electron chi connectivity index (χ1n) is 17.6. The van der Waals surface area contributed by atoms with Crippen LogP contribution in [0.1, 0.15) is 0 Å². The molecule has 0 aliphatic carbocycles. The molecule has 0 atom stereocenters. The fourth-order valence-electron chi connectivity index (χ4n) is 6.01. The van der Waals surface area contributed by atoms with E-state index < -0.39 is 0 Å². The van der Waals surface area contributed by atoms with Crippen molar-refractivity contribution in [2.45, 2.75) is 0 Å². The molecule has 3 heterocycles. The number of rotatable bonds is 10. The van der Waals surface area contributed by atoms with Crippen molar-refractivity contribution in [3.8, 4) is 68.1 Å². The van der Waals surface area contributed by atoms with Crippen LogP contribution in [0, 0.1) is 0 Å². The number of anilines is 4. The van der Waals surface area contributed by atoms with Gasteiger partial charge < -0.3 is 19.6 Å². The molecule has 11 nitrogen and oxygen atoms in total. The Morgan fingerprint density at radius 3 is 0.852 bits per heavy atom. The van der Waals surface area contributed by atoms with Crippen molar-refractivity contribution in [1.29, 1.82) is 0 Å². The quantitative estimate of drug-likeness (QED) is 0.139. The molecule has 0 aliphatic rings. The van der Waals surface area contributed by atoms with E-state index in [9.17, 15) is 0 Å². The third-order valence-corrected chi connectivity index (χ3v) is 9.21. The van der Waals surface area contributed by atoms with Crippen LogP contribution in [0.3, 0.4) is 0 Å². The van der Waals surface area contributed by atoms with Gasteiger partial charge in [-0.1, -0.05) is 54.6 Å². The van der Waals surface area contributed by atoms with E-state index >= 15 is 0 Å². The molecule has 54 heavy (non-hydrogen) atoms. The predicted molar refractivity (Wildman–Crippen MR) is 221 cm³/mol. The van der Waals surface area contributed by atoms with Crippen LogP contribution < -0.4 is 19.6 Å². The van der Waals surface area contributed by atoms with E-state index in [2.05, 4.69) is 103 Å². The van der Waals surface area contributed by atoms with Crippen molar-refractivity contribution in [3.63, 3.8) is 0 Å². The number of hydrogen-bond acceptors (Lipinski definition) is 11. The number of hydrogen-bond donors (Lipinski definition) is 0. The van der Waals surface area contributed by atoms with E-state index in [4.69, 9.17) is 25.1 Å². The van der Waals surface area contributed by atoms with Gasteiger partial charge in [0.15, 0.2) is 0 Å². The second-order valence-corrected chi connectivity index (χ2v) is 13.8. The van der Waals surface area contributed by atoms with Crippen molar-refractivity contribution < 1.29 is 0 Å². The maximum absolute atomic E-state index is 5.09. The second-order valence-electron chi connectivity index (χ2n) is 13.8. The van der Waals surface area contributed by atoms with E-state index in [-0.39, 0.29) is 0 Å². The van der Waals surface area contributed by atoms with Gasteiger partial charge in [-0.2, -0.15) is 0 Å². The lowest BCUT2D eigenvalue weighted by Crippen LogP contribution is -2.08. The summed E-state index contributed by atoms with van der Waals surface area (Å²) < 4.78 is 0. The smallest absolute Gasteiger partial charge is 0.201 e. The number of aromatic nitrogens is 7. The van der Waals surface area contributed by atoms with Crippen LogP contribution in [0.4, 0.5) is 22.7 Å². The van der Waals surface area contributed by atoms with Gasteiger partial charge in [0.2, 0.25) is 11.6 Å². The van der Waals surface area contributed by atoms with E-state index in [1.165, 1.54) is 0 Å². The molecule has 3 aromatic heterocycles. The summed E-state index contributed by atoms with van der Waals surface area (Å²) in [4.78, 5) is 23.4. The van der Waals surface area contributed by atoms with Crippen LogP contribution >= 0.6 is 0 Å². The average Bonchev–Trinajstić information content (AvgIpc) is 3.20. The molecule has 0 fully saturated rings. The molecule has 0 aliphatic heterocycles. The summed E-state index contributed by atoms with van der Waals surface area (Å²) in [6, 6.07) is 38.7. The maximum atomic E-state index is 5.09. The lowest BCUT2D eigenvalue weighted by Gasteiger charge is -2.15. The lowest BCUT2D eigenvalue weighted by atomic mass is 10.0. The molecule has 0 saturated heterocycles. The third-order valence-electron chi connectivity index (χ3n) is 9.21. The zero-order chi connectivity index (χ0) is 37.9. The van der Waals surface area contributed by atoms with Crippen LogP contribution in [0.5, 0.6) is 0 Å². The third kappa shape index (κ3) is 7.42. The molecular formula is C43H43N11. The first-order chi connectivity index (χ1) is 26.0. The normalized spacial score (nSPS) is 11.0. The molecule has 11 heteroatoms. The largest absolute Gasteiger partial charge is 0.378 e. The van der Waals surface area contributed by atoms with Crippen molar-refractivity contribution >= 4 is 22.7 Å². The van der Waals surface area contributed by atoms with Crippen LogP contribution in [0.25, 0.3) is 68.1 Å². The highest BCUT2D eigenvalue weighted by Crippen LogP contribution is 2.34. The summed E-state index contributed by atoms with van der Waals surface area (Å²) in [7, 11) is 16.2. The summed E-state index contributed by atoms with van der Waals surface area (Å²) in [6.45, 7) is 0. The first-order valence-corrected chi connectivity index (χ1v) is 17.6. The zero-order valence-electron chi connectivity index (χ0n) is 31.9. The molecule has 0 saturated carbocycles. The van der Waals surface area contributed by atoms with Gasteiger partial charge in [-0.3, -0.25) is 0 Å². The Hall–Kier alpha value is -6.75. The maximum Gasteiger partial charge on any atom is 0.201 e. The highest BCUT2D eigenvalue weighted by molar-refractivity contribution is 5.81. The van der Waals surface area contributed by atoms with Gasteiger partial charge in [-0.25, -0.2) is 15.0 Å². The van der Waals surface area contributed by atoms with Gasteiger partial charge in [0.05, 0.1) is 0 Å². The number of nitrogens with zero attached hydrogens (tertiary/aromatic N) is 11. The average molecular weight is 714 g/mol. The molecule has 0 N–H and O–H groups in total. The van der Waals surface area contributed by atoms with Gasteiger partial charge >= 0.3 is 0 Å². The van der Waals surface area contributed by atoms with Gasteiger partial charge in [-0.15, -0.1) is 20.4 Å². The summed E-state index contributed by atoms with van der Waals surface area (Å²) in [5.41, 5.74) is 11.9. The summed E-state index contributed by atoms with van der Waals surface area (Å²) in [5, 5.41) is 18.7. The summed E-state index contributed by atoms with van der Waals surface area (Å²) >= 11 is 0. The van der Waals surface area contributed by atoms with E-state index in [1.807, 2.05) is 98.8 Å². The monoisotopic (exact) mass is 713 g/mol. The Labute approximate surface area is 316 Å². The van der Waals surface area contributed by atoms with Crippen molar-refractivity contribution in [2.75, 3.05) is 76.0 Å². The van der Waals surface area contributed by atoms with Crippen molar-refractivity contribution in [3.05, 3.63) is 115 Å². The minimum atomic E-state index is 0.391. The molecule has 7 aromatic rings. The minimum absolute atomic E-state index is 0.391. The molecule has 270 valence electrons. The Morgan fingerprint density at radius 1 is 0.296 bits per heavy atom. The Kier molecular flexibility index (Phi) is 9.95. The molecular weight excluding hydrogens is 671 g/mol. The van der Waals surface area contributed by atoms with Crippen molar-refractivity contribution in [2.24, 2.45) is 0 Å². The van der Waals surface area contributed by atoms with Crippen molar-refractivity contribution in [1.82, 2.24) is 35.3 Å². The fourth-order valence-corrected chi connectivity index (χ4v) is 6.01. The standard InChI is InChI=1S/C43H43N11/c1-51(2)32-20-12-28(13-21-32)38-40(30-16-24-34(25-17-30)53(5)6)47-49-42(45-38)36-10-9-11-37(44-36)43-46-39(29-14-22-33(23-15-29)52(3)4)41(48-50-43)31-18-26-35(27-19-31)54(7)8/h9-27H,1-8H3. The van der Waals surface area contributed by atoms with Gasteiger partial charge in [0, 0.05) is 101 Å². The fraction of sp³-hybridized carbons (Fsp3) is 0.186. The second kappa shape index (κ2) is 15.1. The topological polar surface area (TPSA) is 103 Å². The SMILES string of the molecule is CN(C)c1ccc(-c2nnc(-c3cccc(-c4nnc(-c5ccc(N(C)C)cc5)c(-c5ccc(N(C)C)cc5)n4)n3)nc2-c2ccc(N(C)C)cc2)cc1. The van der Waals surface area contributed by atoms with Crippen LogP contribution in [-0.4, -0.2) is 91.7 Å². The Morgan fingerprint density at radius 2 is 0.574 bits per heavy atom. The molecule has 7 rings (SSSR count). The lowest BCUT2D eigenvalue weighted by molar-refractivity contribution is 0.968. The Balaban J connectivity index is 1.31. The Bertz CT molecular complexity index is 2200. The summed E-state index contributed by atoms with van der Waals surface area (Å²) in [6.07, 6.45) is 0. The zero-order valence-corrected chi connectivity index (χ0v) is 31.9. The highest BCUT2D eigenvalue weighted by atomic mass is 15.2. The molecule has 0 unspecified atom stereocenters. The van der Waals surface area contributed by atoms with E-state index in [0.717, 1.165) is 45.0 Å². The van der Waals surface area contributed by atoms with Gasteiger partial charge in [0.1, 0.15) is 34.2 Å². The molecule has 0 spiro atoms. The molecule has 0 bridgehead atoms. The van der Waals surface area contributed by atoms with Crippen LogP contribution in [-0.2, 0) is 0 Å².